The molecule has 0 saturated heterocycles. The molecule has 92 valence electrons. The monoisotopic (exact) mass is 237 g/mol. The van der Waals surface area contributed by atoms with Gasteiger partial charge in [-0.25, -0.2) is 0 Å². The van der Waals surface area contributed by atoms with Crippen molar-refractivity contribution in [2.24, 2.45) is 0 Å². The first-order chi connectivity index (χ1) is 8.04. The van der Waals surface area contributed by atoms with E-state index in [2.05, 4.69) is 6.58 Å². The minimum Gasteiger partial charge on any atom is -0.486 e. The van der Waals surface area contributed by atoms with E-state index in [4.69, 9.17) is 9.84 Å². The van der Waals surface area contributed by atoms with Gasteiger partial charge in [0.2, 0.25) is 0 Å². The Morgan fingerprint density at radius 3 is 2.82 bits per heavy atom. The van der Waals surface area contributed by atoms with Crippen molar-refractivity contribution in [3.8, 4) is 5.75 Å². The Kier molecular flexibility index (Phi) is 4.66. The molecule has 0 atom stereocenters. The molecule has 0 aliphatic carbocycles. The van der Waals surface area contributed by atoms with Gasteiger partial charge in [-0.15, -0.1) is 6.58 Å². The largest absolute Gasteiger partial charge is 0.486 e. The molecule has 1 rings (SSSR count). The molecule has 0 unspecified atom stereocenters. The summed E-state index contributed by atoms with van der Waals surface area (Å²) >= 11 is 0. The molecular weight excluding hydrogens is 222 g/mol. The number of benzene rings is 1. The topological polar surface area (TPSA) is 72.6 Å². The van der Waals surface area contributed by atoms with Crippen molar-refractivity contribution >= 4 is 5.69 Å². The van der Waals surface area contributed by atoms with Crippen LogP contribution in [0.2, 0.25) is 0 Å². The van der Waals surface area contributed by atoms with E-state index < -0.39 is 4.92 Å². The lowest BCUT2D eigenvalue weighted by atomic mass is 10.2. The Labute approximate surface area is 99.5 Å². The zero-order valence-electron chi connectivity index (χ0n) is 9.68. The van der Waals surface area contributed by atoms with E-state index in [1.165, 1.54) is 18.2 Å². The van der Waals surface area contributed by atoms with Gasteiger partial charge in [0, 0.05) is 12.5 Å². The molecule has 1 N–H and O–H groups in total. The third-order valence-corrected chi connectivity index (χ3v) is 2.19. The summed E-state index contributed by atoms with van der Waals surface area (Å²) in [5, 5.41) is 19.7. The van der Waals surface area contributed by atoms with Crippen LogP contribution in [0.5, 0.6) is 5.75 Å². The van der Waals surface area contributed by atoms with Crippen LogP contribution in [-0.4, -0.2) is 16.6 Å². The number of hydrogen-bond acceptors (Lipinski definition) is 4. The number of aliphatic hydroxyl groups is 1. The van der Waals surface area contributed by atoms with Crippen LogP contribution in [0, 0.1) is 10.1 Å². The van der Waals surface area contributed by atoms with Crippen molar-refractivity contribution in [3.63, 3.8) is 0 Å². The Bertz CT molecular complexity index is 429. The molecule has 5 nitrogen and oxygen atoms in total. The van der Waals surface area contributed by atoms with Crippen LogP contribution in [0.15, 0.2) is 30.4 Å². The van der Waals surface area contributed by atoms with E-state index in [9.17, 15) is 10.1 Å². The maximum absolute atomic E-state index is 10.8. The van der Waals surface area contributed by atoms with E-state index in [1.54, 1.807) is 0 Å². The smallest absolute Gasteiger partial charge is 0.310 e. The third-order valence-electron chi connectivity index (χ3n) is 2.19. The average molecular weight is 237 g/mol. The molecule has 0 spiro atoms. The van der Waals surface area contributed by atoms with Gasteiger partial charge in [-0.2, -0.15) is 0 Å². The first-order valence-electron chi connectivity index (χ1n) is 5.20. The first kappa shape index (κ1) is 13.2. The molecule has 1 aromatic rings. The number of nitro benzene ring substituents is 1. The average Bonchev–Trinajstić information content (AvgIpc) is 2.28. The second-order valence-corrected chi connectivity index (χ2v) is 3.77. The highest BCUT2D eigenvalue weighted by molar-refractivity contribution is 5.48. The Hall–Kier alpha value is -1.88. The van der Waals surface area contributed by atoms with Gasteiger partial charge in [0.1, 0.15) is 0 Å². The van der Waals surface area contributed by atoms with Gasteiger partial charge >= 0.3 is 5.69 Å². The summed E-state index contributed by atoms with van der Waals surface area (Å²) in [7, 11) is 0. The third kappa shape index (κ3) is 3.88. The molecule has 17 heavy (non-hydrogen) atoms. The van der Waals surface area contributed by atoms with Crippen molar-refractivity contribution in [3.05, 3.63) is 46.0 Å². The van der Waals surface area contributed by atoms with E-state index in [1.807, 2.05) is 6.92 Å². The number of hydrogen-bond donors (Lipinski definition) is 1. The molecular formula is C12H15NO4. The molecule has 0 saturated carbocycles. The summed E-state index contributed by atoms with van der Waals surface area (Å²) < 4.78 is 5.34. The number of aliphatic hydroxyl groups excluding tert-OH is 1. The van der Waals surface area contributed by atoms with Crippen LogP contribution < -0.4 is 4.74 Å². The van der Waals surface area contributed by atoms with Gasteiger partial charge in [0.05, 0.1) is 18.1 Å². The summed E-state index contributed by atoms with van der Waals surface area (Å²) in [4.78, 5) is 10.3. The van der Waals surface area contributed by atoms with Crippen molar-refractivity contribution in [2.45, 2.75) is 20.0 Å². The maximum atomic E-state index is 10.8. The van der Waals surface area contributed by atoms with Crippen molar-refractivity contribution in [1.29, 1.82) is 0 Å². The summed E-state index contributed by atoms with van der Waals surface area (Å²) in [5.41, 5.74) is 1.44. The number of nitro groups is 1. The van der Waals surface area contributed by atoms with Gasteiger partial charge in [-0.05, 0) is 24.6 Å². The molecule has 0 amide bonds. The summed E-state index contributed by atoms with van der Waals surface area (Å²) in [6.07, 6.45) is 0.639. The van der Waals surface area contributed by atoms with E-state index in [0.717, 1.165) is 5.57 Å². The summed E-state index contributed by atoms with van der Waals surface area (Å²) in [6, 6.07) is 4.32. The highest BCUT2D eigenvalue weighted by Gasteiger charge is 2.15. The number of rotatable bonds is 6. The second kappa shape index (κ2) is 6.00. The van der Waals surface area contributed by atoms with Crippen molar-refractivity contribution in [1.82, 2.24) is 0 Å². The molecule has 0 radical (unpaired) electrons. The van der Waals surface area contributed by atoms with Gasteiger partial charge < -0.3 is 9.84 Å². The van der Waals surface area contributed by atoms with E-state index >= 15 is 0 Å². The van der Waals surface area contributed by atoms with Crippen LogP contribution in [-0.2, 0) is 6.61 Å². The summed E-state index contributed by atoms with van der Waals surface area (Å²) in [5.74, 6) is 0.183. The molecule has 1 aromatic carbocycles. The second-order valence-electron chi connectivity index (χ2n) is 3.77. The molecule has 5 heteroatoms. The highest BCUT2D eigenvalue weighted by atomic mass is 16.6. The van der Waals surface area contributed by atoms with Crippen LogP contribution in [0.4, 0.5) is 5.69 Å². The van der Waals surface area contributed by atoms with Crippen LogP contribution in [0.1, 0.15) is 18.9 Å². The van der Waals surface area contributed by atoms with Crippen LogP contribution in [0.3, 0.4) is 0 Å². The minimum atomic E-state index is -0.503. The predicted octanol–water partition coefficient (Wildman–Crippen LogP) is 2.43. The molecule has 0 fully saturated rings. The normalized spacial score (nSPS) is 10.0. The lowest BCUT2D eigenvalue weighted by molar-refractivity contribution is -0.385. The van der Waals surface area contributed by atoms with Gasteiger partial charge in [-0.1, -0.05) is 5.57 Å². The van der Waals surface area contributed by atoms with Crippen molar-refractivity contribution < 1.29 is 14.8 Å². The SMILES string of the molecule is C=C(C)CCOc1cc(CO)ccc1[N+](=O)[O-]. The van der Waals surface area contributed by atoms with Gasteiger partial charge in [0.15, 0.2) is 5.75 Å². The number of nitrogens with zero attached hydrogens (tertiary/aromatic N) is 1. The Morgan fingerprint density at radius 1 is 1.59 bits per heavy atom. The fourth-order valence-corrected chi connectivity index (χ4v) is 1.26. The number of ether oxygens (including phenoxy) is 1. The molecule has 0 aliphatic rings. The fraction of sp³-hybridized carbons (Fsp3) is 0.333. The van der Waals surface area contributed by atoms with Gasteiger partial charge in [0.25, 0.3) is 0 Å². The highest BCUT2D eigenvalue weighted by Crippen LogP contribution is 2.28. The van der Waals surface area contributed by atoms with Crippen molar-refractivity contribution in [2.75, 3.05) is 6.61 Å². The molecule has 0 aliphatic heterocycles. The molecule has 0 bridgehead atoms. The van der Waals surface area contributed by atoms with Crippen LogP contribution in [0.25, 0.3) is 0 Å². The Morgan fingerprint density at radius 2 is 2.29 bits per heavy atom. The lowest BCUT2D eigenvalue weighted by Crippen LogP contribution is -2.01. The summed E-state index contributed by atoms with van der Waals surface area (Å²) in [6.45, 7) is 5.75. The predicted molar refractivity (Wildman–Crippen MR) is 63.9 cm³/mol. The zero-order chi connectivity index (χ0) is 12.8. The van der Waals surface area contributed by atoms with E-state index in [0.29, 0.717) is 18.6 Å². The van der Waals surface area contributed by atoms with E-state index in [-0.39, 0.29) is 18.0 Å². The standard InChI is InChI=1S/C12H15NO4/c1-9(2)5-6-17-12-7-10(8-14)3-4-11(12)13(15)16/h3-4,7,14H,1,5-6,8H2,2H3. The molecule has 0 heterocycles. The first-order valence-corrected chi connectivity index (χ1v) is 5.20. The Balaban J connectivity index is 2.85. The van der Waals surface area contributed by atoms with Crippen LogP contribution >= 0.6 is 0 Å². The maximum Gasteiger partial charge on any atom is 0.310 e. The lowest BCUT2D eigenvalue weighted by Gasteiger charge is -2.07. The quantitative estimate of drug-likeness (QED) is 0.468. The molecule has 0 aromatic heterocycles. The van der Waals surface area contributed by atoms with Gasteiger partial charge in [-0.3, -0.25) is 10.1 Å². The minimum absolute atomic E-state index is 0.0936. The zero-order valence-corrected chi connectivity index (χ0v) is 9.68. The fourth-order valence-electron chi connectivity index (χ4n) is 1.26.